The molecule has 0 aliphatic heterocycles. The van der Waals surface area contributed by atoms with Gasteiger partial charge in [-0.3, -0.25) is 10.1 Å². The lowest BCUT2D eigenvalue weighted by molar-refractivity contribution is -0.383. The third-order valence-corrected chi connectivity index (χ3v) is 3.53. The summed E-state index contributed by atoms with van der Waals surface area (Å²) in [6.07, 6.45) is 1.57. The van der Waals surface area contributed by atoms with E-state index < -0.39 is 14.8 Å². The van der Waals surface area contributed by atoms with E-state index in [1.54, 1.807) is 25.2 Å². The molecule has 2 N–H and O–H groups in total. The van der Waals surface area contributed by atoms with Crippen LogP contribution in [0.25, 0.3) is 0 Å². The predicted octanol–water partition coefficient (Wildman–Crippen LogP) is 1.48. The highest BCUT2D eigenvalue weighted by atomic mass is 32.2. The number of nitro groups is 1. The first-order valence-electron chi connectivity index (χ1n) is 5.72. The number of benzene rings is 1. The average Bonchev–Trinajstić information content (AvgIpc) is 2.32. The Morgan fingerprint density at radius 2 is 1.95 bits per heavy atom. The summed E-state index contributed by atoms with van der Waals surface area (Å²) in [4.78, 5) is 10.6. The highest BCUT2D eigenvalue weighted by Crippen LogP contribution is 2.32. The van der Waals surface area contributed by atoms with Crippen molar-refractivity contribution in [1.82, 2.24) is 0 Å². The lowest BCUT2D eigenvalue weighted by atomic mass is 10.2. The van der Waals surface area contributed by atoms with Crippen LogP contribution in [-0.2, 0) is 9.84 Å². The van der Waals surface area contributed by atoms with Gasteiger partial charge in [-0.05, 0) is 18.6 Å². The lowest BCUT2D eigenvalue weighted by Gasteiger charge is -2.09. The zero-order valence-electron chi connectivity index (χ0n) is 10.8. The molecular formula is C11H17N3O4S. The molecule has 0 amide bonds. The van der Waals surface area contributed by atoms with Gasteiger partial charge in [-0.2, -0.15) is 0 Å². The van der Waals surface area contributed by atoms with Crippen LogP contribution in [0.2, 0.25) is 0 Å². The van der Waals surface area contributed by atoms with Crippen LogP contribution in [0.15, 0.2) is 18.2 Å². The second-order valence-electron chi connectivity index (χ2n) is 4.12. The molecule has 0 bridgehead atoms. The minimum absolute atomic E-state index is 0.0376. The van der Waals surface area contributed by atoms with Crippen LogP contribution < -0.4 is 10.6 Å². The fourth-order valence-corrected chi connectivity index (χ4v) is 2.31. The molecule has 0 radical (unpaired) electrons. The van der Waals surface area contributed by atoms with Crippen molar-refractivity contribution in [1.29, 1.82) is 0 Å². The molecule has 8 heteroatoms. The van der Waals surface area contributed by atoms with Crippen molar-refractivity contribution < 1.29 is 13.3 Å². The molecule has 0 unspecified atom stereocenters. The van der Waals surface area contributed by atoms with E-state index in [1.165, 1.54) is 0 Å². The van der Waals surface area contributed by atoms with Crippen LogP contribution in [0.3, 0.4) is 0 Å². The molecule has 0 aliphatic carbocycles. The molecule has 0 heterocycles. The molecule has 0 atom stereocenters. The number of hydrogen-bond donors (Lipinski definition) is 2. The molecule has 106 valence electrons. The summed E-state index contributed by atoms with van der Waals surface area (Å²) in [6, 6.07) is 4.90. The van der Waals surface area contributed by atoms with Gasteiger partial charge in [-0.15, -0.1) is 0 Å². The topological polar surface area (TPSA) is 101 Å². The van der Waals surface area contributed by atoms with Gasteiger partial charge in [-0.1, -0.05) is 6.07 Å². The molecule has 1 aromatic carbocycles. The summed E-state index contributed by atoms with van der Waals surface area (Å²) in [7, 11) is -1.40. The summed E-state index contributed by atoms with van der Waals surface area (Å²) < 4.78 is 21.9. The maximum absolute atomic E-state index is 11.0. The molecule has 0 fully saturated rings. The Labute approximate surface area is 112 Å². The van der Waals surface area contributed by atoms with Gasteiger partial charge in [-0.25, -0.2) is 8.42 Å². The van der Waals surface area contributed by atoms with Crippen molar-refractivity contribution in [3.63, 3.8) is 0 Å². The van der Waals surface area contributed by atoms with E-state index in [1.807, 2.05) is 0 Å². The van der Waals surface area contributed by atoms with E-state index in [9.17, 15) is 18.5 Å². The number of nitrogens with one attached hydrogen (secondary N) is 2. The zero-order valence-corrected chi connectivity index (χ0v) is 11.7. The number of nitrogens with zero attached hydrogens (tertiary/aromatic N) is 1. The fraction of sp³-hybridized carbons (Fsp3) is 0.455. The largest absolute Gasteiger partial charge is 0.382 e. The van der Waals surface area contributed by atoms with Gasteiger partial charge >= 0.3 is 5.69 Å². The third-order valence-electron chi connectivity index (χ3n) is 2.50. The van der Waals surface area contributed by atoms with E-state index >= 15 is 0 Å². The molecule has 0 aromatic heterocycles. The van der Waals surface area contributed by atoms with Crippen LogP contribution >= 0.6 is 0 Å². The number of rotatable bonds is 7. The number of para-hydroxylation sites is 1. The summed E-state index contributed by atoms with van der Waals surface area (Å²) in [5.74, 6) is 0.0551. The number of hydrogen-bond acceptors (Lipinski definition) is 6. The number of anilines is 2. The second kappa shape index (κ2) is 6.37. The fourth-order valence-electron chi connectivity index (χ4n) is 1.64. The summed E-state index contributed by atoms with van der Waals surface area (Å²) in [5.41, 5.74) is 0.757. The van der Waals surface area contributed by atoms with Crippen molar-refractivity contribution in [2.75, 3.05) is 36.2 Å². The Morgan fingerprint density at radius 3 is 2.47 bits per heavy atom. The first-order valence-corrected chi connectivity index (χ1v) is 7.78. The van der Waals surface area contributed by atoms with Gasteiger partial charge in [0.25, 0.3) is 0 Å². The normalized spacial score (nSPS) is 11.1. The van der Waals surface area contributed by atoms with E-state index in [4.69, 9.17) is 0 Å². The lowest BCUT2D eigenvalue weighted by Crippen LogP contribution is -2.11. The predicted molar refractivity (Wildman–Crippen MR) is 75.5 cm³/mol. The van der Waals surface area contributed by atoms with Gasteiger partial charge in [0, 0.05) is 19.8 Å². The van der Waals surface area contributed by atoms with Gasteiger partial charge in [0.2, 0.25) is 0 Å². The van der Waals surface area contributed by atoms with E-state index in [2.05, 4.69) is 10.6 Å². The van der Waals surface area contributed by atoms with Crippen molar-refractivity contribution in [2.45, 2.75) is 6.42 Å². The van der Waals surface area contributed by atoms with Crippen LogP contribution in [0.5, 0.6) is 0 Å². The summed E-state index contributed by atoms with van der Waals surface area (Å²) >= 11 is 0. The molecule has 1 aromatic rings. The smallest absolute Gasteiger partial charge is 0.315 e. The van der Waals surface area contributed by atoms with Crippen LogP contribution in [0.1, 0.15) is 6.42 Å². The molecular weight excluding hydrogens is 270 g/mol. The summed E-state index contributed by atoms with van der Waals surface area (Å²) in [6.45, 7) is 0.362. The highest BCUT2D eigenvalue weighted by Gasteiger charge is 2.18. The van der Waals surface area contributed by atoms with Gasteiger partial charge in [0.15, 0.2) is 0 Å². The maximum atomic E-state index is 11.0. The third kappa shape index (κ3) is 4.74. The second-order valence-corrected chi connectivity index (χ2v) is 6.38. The molecule has 1 rings (SSSR count). The average molecular weight is 287 g/mol. The van der Waals surface area contributed by atoms with E-state index in [0.717, 1.165) is 6.26 Å². The van der Waals surface area contributed by atoms with Crippen LogP contribution in [0, 0.1) is 10.1 Å². The minimum atomic E-state index is -3.00. The Hall–Kier alpha value is -1.83. The molecule has 0 spiro atoms. The Balaban J connectivity index is 2.76. The first kappa shape index (κ1) is 15.2. The van der Waals surface area contributed by atoms with E-state index in [0.29, 0.717) is 24.3 Å². The first-order chi connectivity index (χ1) is 8.85. The molecule has 0 aliphatic rings. The molecule has 19 heavy (non-hydrogen) atoms. The quantitative estimate of drug-likeness (QED) is 0.447. The van der Waals surface area contributed by atoms with Crippen LogP contribution in [-0.4, -0.2) is 38.9 Å². The van der Waals surface area contributed by atoms with Gasteiger partial charge in [0.05, 0.1) is 10.7 Å². The Kier molecular flexibility index (Phi) is 5.11. The van der Waals surface area contributed by atoms with E-state index in [-0.39, 0.29) is 11.4 Å². The number of sulfone groups is 1. The molecule has 7 nitrogen and oxygen atoms in total. The highest BCUT2D eigenvalue weighted by molar-refractivity contribution is 7.90. The number of nitro benzene ring substituents is 1. The van der Waals surface area contributed by atoms with Crippen molar-refractivity contribution in [3.8, 4) is 0 Å². The van der Waals surface area contributed by atoms with Crippen molar-refractivity contribution in [2.24, 2.45) is 0 Å². The molecule has 0 saturated heterocycles. The van der Waals surface area contributed by atoms with Gasteiger partial charge < -0.3 is 10.6 Å². The van der Waals surface area contributed by atoms with Crippen molar-refractivity contribution in [3.05, 3.63) is 28.3 Å². The monoisotopic (exact) mass is 287 g/mol. The van der Waals surface area contributed by atoms with Crippen LogP contribution in [0.4, 0.5) is 17.1 Å². The Morgan fingerprint density at radius 1 is 1.32 bits per heavy atom. The van der Waals surface area contributed by atoms with Crippen molar-refractivity contribution >= 4 is 26.9 Å². The zero-order chi connectivity index (χ0) is 14.5. The SMILES string of the molecule is CNc1cccc(NCCCS(C)(=O)=O)c1[N+](=O)[O-]. The van der Waals surface area contributed by atoms with Gasteiger partial charge in [0.1, 0.15) is 21.2 Å². The standard InChI is InChI=1S/C11H17N3O4S/c1-12-9-5-3-6-10(11(9)14(15)16)13-7-4-8-19(2,17)18/h3,5-6,12-13H,4,7-8H2,1-2H3. The summed E-state index contributed by atoms with van der Waals surface area (Å²) in [5, 5.41) is 16.7. The minimum Gasteiger partial charge on any atom is -0.382 e. The molecule has 0 saturated carbocycles. The Bertz CT molecular complexity index is 557. The maximum Gasteiger partial charge on any atom is 0.315 e.